The highest BCUT2D eigenvalue weighted by molar-refractivity contribution is 6.30. The summed E-state index contributed by atoms with van der Waals surface area (Å²) in [6, 6.07) is 8.15. The van der Waals surface area contributed by atoms with Gasteiger partial charge in [0.1, 0.15) is 0 Å². The monoisotopic (exact) mass is 232 g/mol. The SMILES string of the molecule is Cc1ccccc1-c1nnc(Cl)c(C)c1C. The van der Waals surface area contributed by atoms with Crippen LogP contribution in [-0.2, 0) is 0 Å². The summed E-state index contributed by atoms with van der Waals surface area (Å²) in [6.45, 7) is 6.06. The number of nitrogens with zero attached hydrogens (tertiary/aromatic N) is 2. The molecule has 0 fully saturated rings. The minimum absolute atomic E-state index is 0.481. The van der Waals surface area contributed by atoms with Crippen LogP contribution in [0.3, 0.4) is 0 Å². The predicted molar refractivity (Wildman–Crippen MR) is 66.7 cm³/mol. The smallest absolute Gasteiger partial charge is 0.149 e. The minimum atomic E-state index is 0.481. The van der Waals surface area contributed by atoms with Crippen molar-refractivity contribution in [3.05, 3.63) is 46.1 Å². The summed E-state index contributed by atoms with van der Waals surface area (Å²) in [6.07, 6.45) is 0. The molecular weight excluding hydrogens is 220 g/mol. The Kier molecular flexibility index (Phi) is 2.92. The third kappa shape index (κ3) is 1.81. The molecule has 1 aromatic carbocycles. The molecule has 82 valence electrons. The average molecular weight is 233 g/mol. The molecule has 0 amide bonds. The van der Waals surface area contributed by atoms with E-state index in [-0.39, 0.29) is 0 Å². The van der Waals surface area contributed by atoms with Crippen molar-refractivity contribution in [2.24, 2.45) is 0 Å². The molecule has 3 heteroatoms. The van der Waals surface area contributed by atoms with Gasteiger partial charge in [-0.25, -0.2) is 0 Å². The maximum atomic E-state index is 5.94. The van der Waals surface area contributed by atoms with E-state index in [4.69, 9.17) is 11.6 Å². The van der Waals surface area contributed by atoms with E-state index in [1.807, 2.05) is 26.0 Å². The minimum Gasteiger partial charge on any atom is -0.149 e. The summed E-state index contributed by atoms with van der Waals surface area (Å²) in [5, 5.41) is 8.64. The number of aryl methyl sites for hydroxylation is 1. The second kappa shape index (κ2) is 4.22. The summed E-state index contributed by atoms with van der Waals surface area (Å²) in [5.41, 5.74) is 5.32. The lowest BCUT2D eigenvalue weighted by atomic mass is 10.0. The molecule has 0 unspecified atom stereocenters. The number of benzene rings is 1. The molecule has 16 heavy (non-hydrogen) atoms. The summed E-state index contributed by atoms with van der Waals surface area (Å²) in [4.78, 5) is 0. The van der Waals surface area contributed by atoms with E-state index < -0.39 is 0 Å². The van der Waals surface area contributed by atoms with Gasteiger partial charge in [0.05, 0.1) is 5.69 Å². The fraction of sp³-hybridized carbons (Fsp3) is 0.231. The third-order valence-electron chi connectivity index (χ3n) is 2.87. The second-order valence-corrected chi connectivity index (χ2v) is 4.26. The van der Waals surface area contributed by atoms with Crippen LogP contribution in [0.5, 0.6) is 0 Å². The molecule has 2 rings (SSSR count). The van der Waals surface area contributed by atoms with Crippen molar-refractivity contribution in [1.82, 2.24) is 10.2 Å². The largest absolute Gasteiger partial charge is 0.154 e. The van der Waals surface area contributed by atoms with Gasteiger partial charge in [-0.1, -0.05) is 35.9 Å². The fourth-order valence-electron chi connectivity index (χ4n) is 1.67. The second-order valence-electron chi connectivity index (χ2n) is 3.90. The van der Waals surface area contributed by atoms with Crippen molar-refractivity contribution in [3.8, 4) is 11.3 Å². The van der Waals surface area contributed by atoms with Crippen molar-refractivity contribution in [2.45, 2.75) is 20.8 Å². The Morgan fingerprint density at radius 2 is 1.62 bits per heavy atom. The fourth-order valence-corrected chi connectivity index (χ4v) is 1.85. The molecule has 2 aromatic rings. The zero-order valence-corrected chi connectivity index (χ0v) is 10.3. The van der Waals surface area contributed by atoms with Crippen molar-refractivity contribution >= 4 is 11.6 Å². The van der Waals surface area contributed by atoms with Crippen LogP contribution in [0.4, 0.5) is 0 Å². The molecular formula is C13H13ClN2. The van der Waals surface area contributed by atoms with Gasteiger partial charge < -0.3 is 0 Å². The molecule has 0 saturated heterocycles. The van der Waals surface area contributed by atoms with Crippen LogP contribution >= 0.6 is 11.6 Å². The van der Waals surface area contributed by atoms with Crippen LogP contribution in [0, 0.1) is 20.8 Å². The van der Waals surface area contributed by atoms with E-state index in [9.17, 15) is 0 Å². The maximum Gasteiger partial charge on any atom is 0.154 e. The number of halogens is 1. The van der Waals surface area contributed by atoms with Crippen LogP contribution in [-0.4, -0.2) is 10.2 Å². The Hall–Kier alpha value is -1.41. The first kappa shape index (κ1) is 11.1. The van der Waals surface area contributed by atoms with Crippen LogP contribution in [0.2, 0.25) is 5.15 Å². The lowest BCUT2D eigenvalue weighted by molar-refractivity contribution is 1.00. The molecule has 0 spiro atoms. The molecule has 0 atom stereocenters. The van der Waals surface area contributed by atoms with Gasteiger partial charge >= 0.3 is 0 Å². The normalized spacial score (nSPS) is 10.5. The zero-order chi connectivity index (χ0) is 11.7. The summed E-state index contributed by atoms with van der Waals surface area (Å²) in [7, 11) is 0. The zero-order valence-electron chi connectivity index (χ0n) is 9.58. The summed E-state index contributed by atoms with van der Waals surface area (Å²) >= 11 is 5.94. The summed E-state index contributed by atoms with van der Waals surface area (Å²) in [5.74, 6) is 0. The lowest BCUT2D eigenvalue weighted by Gasteiger charge is -2.09. The molecule has 0 aliphatic heterocycles. The predicted octanol–water partition coefficient (Wildman–Crippen LogP) is 3.72. The van der Waals surface area contributed by atoms with E-state index in [2.05, 4.69) is 29.3 Å². The van der Waals surface area contributed by atoms with E-state index in [0.717, 1.165) is 22.4 Å². The van der Waals surface area contributed by atoms with Crippen molar-refractivity contribution in [1.29, 1.82) is 0 Å². The van der Waals surface area contributed by atoms with Gasteiger partial charge in [-0.3, -0.25) is 0 Å². The standard InChI is InChI=1S/C13H13ClN2/c1-8-6-4-5-7-11(8)12-9(2)10(3)13(14)16-15-12/h4-7H,1-3H3. The van der Waals surface area contributed by atoms with E-state index in [1.54, 1.807) is 0 Å². The van der Waals surface area contributed by atoms with Gasteiger partial charge in [0, 0.05) is 5.56 Å². The molecule has 1 heterocycles. The topological polar surface area (TPSA) is 25.8 Å². The lowest BCUT2D eigenvalue weighted by Crippen LogP contribution is -1.97. The van der Waals surface area contributed by atoms with Crippen molar-refractivity contribution < 1.29 is 0 Å². The molecule has 0 bridgehead atoms. The Bertz CT molecular complexity index is 535. The Labute approximate surface area is 100 Å². The molecule has 0 radical (unpaired) electrons. The highest BCUT2D eigenvalue weighted by Gasteiger charge is 2.11. The van der Waals surface area contributed by atoms with Gasteiger partial charge in [-0.15, -0.1) is 10.2 Å². The van der Waals surface area contributed by atoms with Crippen LogP contribution in [0.25, 0.3) is 11.3 Å². The first-order valence-corrected chi connectivity index (χ1v) is 5.54. The highest BCUT2D eigenvalue weighted by Crippen LogP contribution is 2.27. The highest BCUT2D eigenvalue weighted by atomic mass is 35.5. The molecule has 0 aliphatic rings. The van der Waals surface area contributed by atoms with Crippen LogP contribution < -0.4 is 0 Å². The Morgan fingerprint density at radius 3 is 2.31 bits per heavy atom. The van der Waals surface area contributed by atoms with Gasteiger partial charge in [0.2, 0.25) is 0 Å². The van der Waals surface area contributed by atoms with Gasteiger partial charge in [0.25, 0.3) is 0 Å². The first-order chi connectivity index (χ1) is 7.61. The number of hydrogen-bond acceptors (Lipinski definition) is 2. The van der Waals surface area contributed by atoms with E-state index in [0.29, 0.717) is 5.15 Å². The van der Waals surface area contributed by atoms with E-state index >= 15 is 0 Å². The van der Waals surface area contributed by atoms with Crippen LogP contribution in [0.1, 0.15) is 16.7 Å². The number of aromatic nitrogens is 2. The average Bonchev–Trinajstić information content (AvgIpc) is 2.28. The maximum absolute atomic E-state index is 5.94. The quantitative estimate of drug-likeness (QED) is 0.749. The van der Waals surface area contributed by atoms with Crippen LogP contribution in [0.15, 0.2) is 24.3 Å². The van der Waals surface area contributed by atoms with E-state index in [1.165, 1.54) is 5.56 Å². The number of rotatable bonds is 1. The van der Waals surface area contributed by atoms with Crippen molar-refractivity contribution in [3.63, 3.8) is 0 Å². The summed E-state index contributed by atoms with van der Waals surface area (Å²) < 4.78 is 0. The molecule has 0 N–H and O–H groups in total. The Morgan fingerprint density at radius 1 is 0.938 bits per heavy atom. The molecule has 1 aromatic heterocycles. The van der Waals surface area contributed by atoms with Crippen molar-refractivity contribution in [2.75, 3.05) is 0 Å². The van der Waals surface area contributed by atoms with Gasteiger partial charge in [-0.05, 0) is 37.5 Å². The Balaban J connectivity index is 2.66. The molecule has 0 aliphatic carbocycles. The third-order valence-corrected chi connectivity index (χ3v) is 3.22. The number of hydrogen-bond donors (Lipinski definition) is 0. The first-order valence-electron chi connectivity index (χ1n) is 5.16. The molecule has 2 nitrogen and oxygen atoms in total. The molecule has 0 saturated carbocycles. The van der Waals surface area contributed by atoms with Gasteiger partial charge in [-0.2, -0.15) is 0 Å². The van der Waals surface area contributed by atoms with Gasteiger partial charge in [0.15, 0.2) is 5.15 Å².